The van der Waals surface area contributed by atoms with E-state index in [0.717, 1.165) is 0 Å². The second kappa shape index (κ2) is 2.14. The molecule has 6 nitrogen and oxygen atoms in total. The Hall–Kier alpha value is -1.30. The second-order valence-corrected chi connectivity index (χ2v) is 1.81. The summed E-state index contributed by atoms with van der Waals surface area (Å²) in [5.74, 6) is 0. The standard InChI is InChI=1S/C3H2ClN3O3/c4-7-2(9)5-1(8)6-3(7)10/h(H2,5,6,8,9,10). The number of aromatic amines is 2. The summed E-state index contributed by atoms with van der Waals surface area (Å²) in [7, 11) is 0. The van der Waals surface area contributed by atoms with E-state index in [9.17, 15) is 14.4 Å². The number of nitrogens with one attached hydrogen (secondary N) is 2. The van der Waals surface area contributed by atoms with Crippen LogP contribution in [0.25, 0.3) is 0 Å². The molecule has 0 bridgehead atoms. The lowest BCUT2D eigenvalue weighted by Crippen LogP contribution is -2.39. The number of hydrogen-bond donors (Lipinski definition) is 2. The summed E-state index contributed by atoms with van der Waals surface area (Å²) in [6, 6.07) is 0. The van der Waals surface area contributed by atoms with Crippen molar-refractivity contribution in [1.29, 1.82) is 0 Å². The summed E-state index contributed by atoms with van der Waals surface area (Å²) in [6.45, 7) is 0. The van der Waals surface area contributed by atoms with E-state index in [4.69, 9.17) is 11.8 Å². The molecule has 1 aromatic heterocycles. The molecule has 2 N–H and O–H groups in total. The highest BCUT2D eigenvalue weighted by Gasteiger charge is 1.96. The Morgan fingerprint density at radius 2 is 1.50 bits per heavy atom. The van der Waals surface area contributed by atoms with Crippen molar-refractivity contribution >= 4 is 11.8 Å². The van der Waals surface area contributed by atoms with Gasteiger partial charge >= 0.3 is 17.1 Å². The van der Waals surface area contributed by atoms with Crippen molar-refractivity contribution in [1.82, 2.24) is 14.1 Å². The van der Waals surface area contributed by atoms with Crippen molar-refractivity contribution in [2.75, 3.05) is 0 Å². The van der Waals surface area contributed by atoms with Crippen LogP contribution < -0.4 is 17.1 Å². The lowest BCUT2D eigenvalue weighted by molar-refractivity contribution is 0.843. The predicted octanol–water partition coefficient (Wildman–Crippen LogP) is -1.77. The SMILES string of the molecule is O=c1[nH]c(=O)n(Cl)c(=O)[nH]1. The molecule has 0 aliphatic carbocycles. The van der Waals surface area contributed by atoms with Gasteiger partial charge in [-0.15, -0.1) is 0 Å². The van der Waals surface area contributed by atoms with Gasteiger partial charge in [-0.05, 0) is 0 Å². The van der Waals surface area contributed by atoms with Crippen LogP contribution in [-0.2, 0) is 0 Å². The number of nitrogens with zero attached hydrogens (tertiary/aromatic N) is 1. The van der Waals surface area contributed by atoms with Crippen molar-refractivity contribution in [2.24, 2.45) is 0 Å². The molecule has 1 heterocycles. The summed E-state index contributed by atoms with van der Waals surface area (Å²) >= 11 is 5.04. The van der Waals surface area contributed by atoms with Gasteiger partial charge in [-0.2, -0.15) is 4.09 Å². The highest BCUT2D eigenvalue weighted by atomic mass is 35.5. The monoisotopic (exact) mass is 163 g/mol. The molecular weight excluding hydrogens is 162 g/mol. The van der Waals surface area contributed by atoms with E-state index >= 15 is 0 Å². The number of H-pyrrole nitrogens is 2. The van der Waals surface area contributed by atoms with E-state index in [1.54, 1.807) is 9.97 Å². The first-order chi connectivity index (χ1) is 4.61. The molecule has 10 heavy (non-hydrogen) atoms. The zero-order valence-electron chi connectivity index (χ0n) is 4.55. The smallest absolute Gasteiger partial charge is 0.258 e. The van der Waals surface area contributed by atoms with Crippen LogP contribution in [0, 0.1) is 0 Å². The van der Waals surface area contributed by atoms with Crippen LogP contribution in [0.2, 0.25) is 0 Å². The fourth-order valence-corrected chi connectivity index (χ4v) is 0.500. The Kier molecular flexibility index (Phi) is 1.46. The van der Waals surface area contributed by atoms with Gasteiger partial charge in [0, 0.05) is 11.8 Å². The summed E-state index contributed by atoms with van der Waals surface area (Å²) in [6.07, 6.45) is 0. The van der Waals surface area contributed by atoms with Gasteiger partial charge in [0.1, 0.15) is 0 Å². The lowest BCUT2D eigenvalue weighted by atomic mass is 11.0. The fraction of sp³-hybridized carbons (Fsp3) is 0. The third-order valence-electron chi connectivity index (χ3n) is 0.798. The zero-order chi connectivity index (χ0) is 7.72. The molecule has 0 aliphatic heterocycles. The maximum absolute atomic E-state index is 10.4. The number of aromatic nitrogens is 3. The van der Waals surface area contributed by atoms with Crippen molar-refractivity contribution in [2.45, 2.75) is 0 Å². The summed E-state index contributed by atoms with van der Waals surface area (Å²) in [4.78, 5) is 34.6. The van der Waals surface area contributed by atoms with E-state index in [0.29, 0.717) is 0 Å². The van der Waals surface area contributed by atoms with Crippen LogP contribution in [0.3, 0.4) is 0 Å². The first-order valence-corrected chi connectivity index (χ1v) is 2.57. The van der Waals surface area contributed by atoms with Crippen molar-refractivity contribution < 1.29 is 0 Å². The summed E-state index contributed by atoms with van der Waals surface area (Å²) in [5, 5.41) is 0. The van der Waals surface area contributed by atoms with Gasteiger partial charge in [0.15, 0.2) is 0 Å². The Balaban J connectivity index is 3.80. The second-order valence-electron chi connectivity index (χ2n) is 1.47. The minimum absolute atomic E-state index is 0.238. The third-order valence-corrected chi connectivity index (χ3v) is 1.10. The molecule has 0 saturated heterocycles. The molecule has 0 saturated carbocycles. The molecule has 0 amide bonds. The van der Waals surface area contributed by atoms with Crippen LogP contribution >= 0.6 is 11.8 Å². The first kappa shape index (κ1) is 6.81. The minimum Gasteiger partial charge on any atom is -0.258 e. The highest BCUT2D eigenvalue weighted by molar-refractivity contribution is 6.14. The topological polar surface area (TPSA) is 87.7 Å². The Bertz CT molecular complexity index is 364. The van der Waals surface area contributed by atoms with Crippen LogP contribution in [0.1, 0.15) is 0 Å². The molecule has 0 spiro atoms. The maximum Gasteiger partial charge on any atom is 0.348 e. The van der Waals surface area contributed by atoms with E-state index in [-0.39, 0.29) is 4.09 Å². The number of halogens is 1. The number of rotatable bonds is 0. The molecule has 1 rings (SSSR count). The maximum atomic E-state index is 10.4. The van der Waals surface area contributed by atoms with E-state index in [2.05, 4.69) is 0 Å². The molecule has 0 aromatic carbocycles. The third kappa shape index (κ3) is 1.01. The average Bonchev–Trinajstić information content (AvgIpc) is 1.82. The van der Waals surface area contributed by atoms with Crippen LogP contribution in [0.15, 0.2) is 14.4 Å². The van der Waals surface area contributed by atoms with E-state index in [1.165, 1.54) is 0 Å². The molecule has 0 fully saturated rings. The van der Waals surface area contributed by atoms with Gasteiger partial charge in [-0.1, -0.05) is 0 Å². The first-order valence-electron chi connectivity index (χ1n) is 2.23. The van der Waals surface area contributed by atoms with Crippen molar-refractivity contribution in [3.05, 3.63) is 31.5 Å². The molecule has 0 unspecified atom stereocenters. The van der Waals surface area contributed by atoms with Gasteiger partial charge < -0.3 is 0 Å². The molecule has 1 aromatic rings. The molecular formula is C3H2ClN3O3. The molecule has 0 aliphatic rings. The predicted molar refractivity (Wildman–Crippen MR) is 33.2 cm³/mol. The zero-order valence-corrected chi connectivity index (χ0v) is 5.31. The van der Waals surface area contributed by atoms with Crippen molar-refractivity contribution in [3.63, 3.8) is 0 Å². The van der Waals surface area contributed by atoms with Crippen LogP contribution in [-0.4, -0.2) is 14.1 Å². The van der Waals surface area contributed by atoms with Gasteiger partial charge in [0.2, 0.25) is 0 Å². The quantitative estimate of drug-likeness (QED) is 0.474. The molecule has 7 heteroatoms. The average molecular weight is 164 g/mol. The minimum atomic E-state index is -0.949. The van der Waals surface area contributed by atoms with Crippen molar-refractivity contribution in [3.8, 4) is 0 Å². The van der Waals surface area contributed by atoms with Gasteiger partial charge in [0.25, 0.3) is 0 Å². The van der Waals surface area contributed by atoms with Gasteiger partial charge in [-0.3, -0.25) is 9.97 Å². The van der Waals surface area contributed by atoms with Crippen LogP contribution in [0.5, 0.6) is 0 Å². The van der Waals surface area contributed by atoms with E-state index < -0.39 is 17.1 Å². The Labute approximate surface area is 58.2 Å². The molecule has 0 radical (unpaired) electrons. The van der Waals surface area contributed by atoms with Gasteiger partial charge in [-0.25, -0.2) is 14.4 Å². The van der Waals surface area contributed by atoms with E-state index in [1.807, 2.05) is 0 Å². The summed E-state index contributed by atoms with van der Waals surface area (Å²) < 4.78 is 0.238. The Morgan fingerprint density at radius 1 is 1.10 bits per heavy atom. The molecule has 0 atom stereocenters. The normalized spacial score (nSPS) is 9.70. The van der Waals surface area contributed by atoms with Crippen LogP contribution in [0.4, 0.5) is 0 Å². The lowest BCUT2D eigenvalue weighted by Gasteiger charge is -1.85. The highest BCUT2D eigenvalue weighted by Crippen LogP contribution is 1.62. The Morgan fingerprint density at radius 3 is 1.90 bits per heavy atom. The fourth-order valence-electron chi connectivity index (χ4n) is 0.416. The molecule has 54 valence electrons. The van der Waals surface area contributed by atoms with Gasteiger partial charge in [0.05, 0.1) is 0 Å². The number of hydrogen-bond acceptors (Lipinski definition) is 3. The summed E-state index contributed by atoms with van der Waals surface area (Å²) in [5.41, 5.74) is -2.77. The largest absolute Gasteiger partial charge is 0.348 e.